The van der Waals surface area contributed by atoms with Gasteiger partial charge in [0.05, 0.1) is 19.2 Å². The molecule has 0 spiro atoms. The van der Waals surface area contributed by atoms with E-state index in [1.54, 1.807) is 24.3 Å². The van der Waals surface area contributed by atoms with Crippen LogP contribution in [0.3, 0.4) is 0 Å². The molecule has 0 saturated carbocycles. The molecule has 6 nitrogen and oxygen atoms in total. The summed E-state index contributed by atoms with van der Waals surface area (Å²) in [6, 6.07) is 10.5. The van der Waals surface area contributed by atoms with Crippen LogP contribution < -0.4 is 20.1 Å². The zero-order valence-corrected chi connectivity index (χ0v) is 14.7. The zero-order valence-electron chi connectivity index (χ0n) is 14.0. The van der Waals surface area contributed by atoms with Crippen molar-refractivity contribution in [3.05, 3.63) is 59.0 Å². The maximum absolute atomic E-state index is 13.1. The number of nitrogens with one attached hydrogen (secondary N) is 2. The van der Waals surface area contributed by atoms with E-state index in [1.165, 1.54) is 32.6 Å². The molecule has 8 heteroatoms. The summed E-state index contributed by atoms with van der Waals surface area (Å²) >= 11 is 5.66. The third kappa shape index (κ3) is 4.65. The Kier molecular flexibility index (Phi) is 6.42. The number of nitriles is 1. The number of rotatable bonds is 6. The predicted octanol–water partition coefficient (Wildman–Crippen LogP) is 3.95. The maximum atomic E-state index is 13.1. The van der Waals surface area contributed by atoms with Crippen molar-refractivity contribution in [3.63, 3.8) is 0 Å². The summed E-state index contributed by atoms with van der Waals surface area (Å²) in [7, 11) is 3.02. The van der Waals surface area contributed by atoms with Gasteiger partial charge in [-0.2, -0.15) is 5.26 Å². The largest absolute Gasteiger partial charge is 0.493 e. The minimum Gasteiger partial charge on any atom is -0.493 e. The second-order valence-electron chi connectivity index (χ2n) is 4.97. The van der Waals surface area contributed by atoms with Crippen LogP contribution in [0.15, 0.2) is 48.2 Å². The van der Waals surface area contributed by atoms with E-state index in [1.807, 2.05) is 0 Å². The van der Waals surface area contributed by atoms with Gasteiger partial charge in [0.2, 0.25) is 0 Å². The number of anilines is 2. The average molecular weight is 376 g/mol. The van der Waals surface area contributed by atoms with E-state index in [0.717, 1.165) is 6.07 Å². The maximum Gasteiger partial charge on any atom is 0.267 e. The highest BCUT2D eigenvalue weighted by Crippen LogP contribution is 2.29. The molecule has 1 amide bonds. The first-order valence-corrected chi connectivity index (χ1v) is 7.71. The molecule has 0 heterocycles. The number of amides is 1. The standard InChI is InChI=1S/C18H15ClFN3O3/c1-25-16-6-4-12(8-17(16)26-2)22-10-11(9-21)18(24)23-13-3-5-15(20)14(19)7-13/h3-8,10,22H,1-2H3,(H,23,24). The number of carbonyl (C=O) groups excluding carboxylic acids is 1. The van der Waals surface area contributed by atoms with Crippen molar-refractivity contribution in [1.82, 2.24) is 0 Å². The number of methoxy groups -OCH3 is 2. The molecule has 0 saturated heterocycles. The summed E-state index contributed by atoms with van der Waals surface area (Å²) in [4.78, 5) is 12.2. The Morgan fingerprint density at radius 1 is 1.15 bits per heavy atom. The summed E-state index contributed by atoms with van der Waals surface area (Å²) in [5, 5.41) is 14.4. The van der Waals surface area contributed by atoms with Crippen LogP contribution in [0.2, 0.25) is 5.02 Å². The van der Waals surface area contributed by atoms with E-state index < -0.39 is 11.7 Å². The molecule has 2 aromatic carbocycles. The van der Waals surface area contributed by atoms with Crippen molar-refractivity contribution >= 4 is 28.9 Å². The molecule has 2 rings (SSSR count). The van der Waals surface area contributed by atoms with Crippen molar-refractivity contribution in [2.75, 3.05) is 24.9 Å². The molecule has 0 unspecified atom stereocenters. The highest BCUT2D eigenvalue weighted by atomic mass is 35.5. The first-order chi connectivity index (χ1) is 12.5. The smallest absolute Gasteiger partial charge is 0.267 e. The Labute approximate surface area is 154 Å². The van der Waals surface area contributed by atoms with Gasteiger partial charge >= 0.3 is 0 Å². The van der Waals surface area contributed by atoms with Crippen LogP contribution >= 0.6 is 11.6 Å². The molecule has 0 aliphatic heterocycles. The minimum absolute atomic E-state index is 0.131. The lowest BCUT2D eigenvalue weighted by atomic mass is 10.2. The number of benzene rings is 2. The molecule has 2 aromatic rings. The van der Waals surface area contributed by atoms with Crippen molar-refractivity contribution in [3.8, 4) is 17.6 Å². The Balaban J connectivity index is 2.13. The molecular weight excluding hydrogens is 361 g/mol. The van der Waals surface area contributed by atoms with Gasteiger partial charge in [-0.3, -0.25) is 4.79 Å². The van der Waals surface area contributed by atoms with Crippen LogP contribution in [0.4, 0.5) is 15.8 Å². The number of carbonyl (C=O) groups is 1. The van der Waals surface area contributed by atoms with Crippen LogP contribution in [0.5, 0.6) is 11.5 Å². The Hall–Kier alpha value is -3.24. The van der Waals surface area contributed by atoms with Gasteiger partial charge in [0, 0.05) is 23.6 Å². The molecule has 0 aliphatic carbocycles. The highest BCUT2D eigenvalue weighted by Gasteiger charge is 2.11. The summed E-state index contributed by atoms with van der Waals surface area (Å²) in [5.41, 5.74) is 0.682. The lowest BCUT2D eigenvalue weighted by molar-refractivity contribution is -0.112. The zero-order chi connectivity index (χ0) is 19.1. The lowest BCUT2D eigenvalue weighted by Gasteiger charge is -2.10. The van der Waals surface area contributed by atoms with Crippen LogP contribution in [-0.4, -0.2) is 20.1 Å². The summed E-state index contributed by atoms with van der Waals surface area (Å²) in [5.74, 6) is -0.220. The molecule has 0 atom stereocenters. The van der Waals surface area contributed by atoms with Crippen molar-refractivity contribution in [1.29, 1.82) is 5.26 Å². The topological polar surface area (TPSA) is 83.4 Å². The van der Waals surface area contributed by atoms with E-state index in [-0.39, 0.29) is 16.3 Å². The van der Waals surface area contributed by atoms with Gasteiger partial charge in [-0.05, 0) is 30.3 Å². The normalized spacial score (nSPS) is 10.7. The number of halogens is 2. The van der Waals surface area contributed by atoms with Gasteiger partial charge in [0.25, 0.3) is 5.91 Å². The number of ether oxygens (including phenoxy) is 2. The van der Waals surface area contributed by atoms with Crippen LogP contribution in [0, 0.1) is 17.1 Å². The van der Waals surface area contributed by atoms with Gasteiger partial charge < -0.3 is 20.1 Å². The van der Waals surface area contributed by atoms with E-state index in [0.29, 0.717) is 17.2 Å². The average Bonchev–Trinajstić information content (AvgIpc) is 2.65. The minimum atomic E-state index is -0.664. The van der Waals surface area contributed by atoms with Gasteiger partial charge in [0.1, 0.15) is 17.5 Å². The molecule has 0 fully saturated rings. The first kappa shape index (κ1) is 19.1. The monoisotopic (exact) mass is 375 g/mol. The van der Waals surface area contributed by atoms with Crippen molar-refractivity contribution < 1.29 is 18.7 Å². The Morgan fingerprint density at radius 2 is 1.85 bits per heavy atom. The summed E-state index contributed by atoms with van der Waals surface area (Å²) in [6.45, 7) is 0. The Bertz CT molecular complexity index is 894. The number of hydrogen-bond acceptors (Lipinski definition) is 5. The second kappa shape index (κ2) is 8.74. The predicted molar refractivity (Wildman–Crippen MR) is 96.9 cm³/mol. The molecule has 0 aliphatic rings. The Morgan fingerprint density at radius 3 is 2.46 bits per heavy atom. The fourth-order valence-corrected chi connectivity index (χ4v) is 2.18. The fraction of sp³-hybridized carbons (Fsp3) is 0.111. The summed E-state index contributed by atoms with van der Waals surface area (Å²) in [6.07, 6.45) is 1.25. The van der Waals surface area contributed by atoms with Crippen LogP contribution in [-0.2, 0) is 4.79 Å². The van der Waals surface area contributed by atoms with Gasteiger partial charge in [-0.15, -0.1) is 0 Å². The molecule has 0 bridgehead atoms. The van der Waals surface area contributed by atoms with Gasteiger partial charge in [-0.1, -0.05) is 11.6 Å². The van der Waals surface area contributed by atoms with Crippen LogP contribution in [0.1, 0.15) is 0 Å². The second-order valence-corrected chi connectivity index (χ2v) is 5.37. The SMILES string of the molecule is COc1ccc(NC=C(C#N)C(=O)Nc2ccc(F)c(Cl)c2)cc1OC. The molecule has 26 heavy (non-hydrogen) atoms. The van der Waals surface area contributed by atoms with E-state index in [9.17, 15) is 14.4 Å². The molecular formula is C18H15ClFN3O3. The fourth-order valence-electron chi connectivity index (χ4n) is 2.00. The lowest BCUT2D eigenvalue weighted by Crippen LogP contribution is -2.14. The molecule has 2 N–H and O–H groups in total. The van der Waals surface area contributed by atoms with E-state index >= 15 is 0 Å². The van der Waals surface area contributed by atoms with Crippen molar-refractivity contribution in [2.24, 2.45) is 0 Å². The quantitative estimate of drug-likeness (QED) is 0.590. The number of nitrogens with zero attached hydrogens (tertiary/aromatic N) is 1. The van der Waals surface area contributed by atoms with Crippen molar-refractivity contribution in [2.45, 2.75) is 0 Å². The van der Waals surface area contributed by atoms with Gasteiger partial charge in [0.15, 0.2) is 11.5 Å². The third-order valence-electron chi connectivity index (χ3n) is 3.31. The highest BCUT2D eigenvalue weighted by molar-refractivity contribution is 6.31. The molecule has 134 valence electrons. The van der Waals surface area contributed by atoms with E-state index in [2.05, 4.69) is 10.6 Å². The first-order valence-electron chi connectivity index (χ1n) is 7.33. The number of hydrogen-bond donors (Lipinski definition) is 2. The van der Waals surface area contributed by atoms with Gasteiger partial charge in [-0.25, -0.2) is 4.39 Å². The molecule has 0 aromatic heterocycles. The van der Waals surface area contributed by atoms with Crippen LogP contribution in [0.25, 0.3) is 0 Å². The van der Waals surface area contributed by atoms with E-state index in [4.69, 9.17) is 21.1 Å². The summed E-state index contributed by atoms with van der Waals surface area (Å²) < 4.78 is 23.5. The molecule has 0 radical (unpaired) electrons. The third-order valence-corrected chi connectivity index (χ3v) is 3.60.